The standard InChI is InChI=1S/C9H4BrNOS/c10-8-7-5(4-11)2-1-3-6(7)13-9(8)12/h1-3,12H. The monoisotopic (exact) mass is 253 g/mol. The van der Waals surface area contributed by atoms with Crippen LogP contribution >= 0.6 is 27.3 Å². The molecule has 0 saturated carbocycles. The fourth-order valence-electron chi connectivity index (χ4n) is 1.19. The number of thiophene rings is 1. The van der Waals surface area contributed by atoms with E-state index in [1.165, 1.54) is 11.3 Å². The van der Waals surface area contributed by atoms with Gasteiger partial charge in [-0.1, -0.05) is 17.4 Å². The lowest BCUT2D eigenvalue weighted by molar-refractivity contribution is 0.488. The van der Waals surface area contributed by atoms with Gasteiger partial charge in [0.15, 0.2) is 5.06 Å². The van der Waals surface area contributed by atoms with Crippen molar-refractivity contribution in [3.05, 3.63) is 28.2 Å². The number of nitrogens with zero attached hydrogens (tertiary/aromatic N) is 1. The Morgan fingerprint density at radius 3 is 2.92 bits per heavy atom. The minimum atomic E-state index is 0.220. The van der Waals surface area contributed by atoms with Crippen LogP contribution < -0.4 is 0 Å². The lowest BCUT2D eigenvalue weighted by atomic mass is 10.1. The Morgan fingerprint density at radius 1 is 1.46 bits per heavy atom. The van der Waals surface area contributed by atoms with Crippen molar-refractivity contribution < 1.29 is 5.11 Å². The predicted octanol–water partition coefficient (Wildman–Crippen LogP) is 3.24. The summed E-state index contributed by atoms with van der Waals surface area (Å²) < 4.78 is 1.54. The average molecular weight is 254 g/mol. The fraction of sp³-hybridized carbons (Fsp3) is 0. The molecule has 0 radical (unpaired) electrons. The van der Waals surface area contributed by atoms with Gasteiger partial charge in [-0.05, 0) is 28.1 Å². The number of nitriles is 1. The van der Waals surface area contributed by atoms with Crippen LogP contribution in [0.1, 0.15) is 5.56 Å². The van der Waals surface area contributed by atoms with Gasteiger partial charge < -0.3 is 5.11 Å². The number of aromatic hydroxyl groups is 1. The van der Waals surface area contributed by atoms with Crippen molar-refractivity contribution in [3.63, 3.8) is 0 Å². The van der Waals surface area contributed by atoms with Crippen LogP contribution in [-0.4, -0.2) is 5.11 Å². The molecule has 1 aromatic heterocycles. The Morgan fingerprint density at radius 2 is 2.23 bits per heavy atom. The van der Waals surface area contributed by atoms with E-state index in [1.807, 2.05) is 12.1 Å². The van der Waals surface area contributed by atoms with Crippen molar-refractivity contribution in [2.75, 3.05) is 0 Å². The second-order valence-corrected chi connectivity index (χ2v) is 4.34. The summed E-state index contributed by atoms with van der Waals surface area (Å²) in [6.07, 6.45) is 0. The molecule has 13 heavy (non-hydrogen) atoms. The predicted molar refractivity (Wildman–Crippen MR) is 55.9 cm³/mol. The smallest absolute Gasteiger partial charge is 0.186 e. The summed E-state index contributed by atoms with van der Waals surface area (Å²) in [7, 11) is 0. The molecule has 0 saturated heterocycles. The Bertz CT molecular complexity index is 512. The summed E-state index contributed by atoms with van der Waals surface area (Å²) in [6.45, 7) is 0. The maximum absolute atomic E-state index is 9.43. The Kier molecular flexibility index (Phi) is 1.98. The molecule has 1 N–H and O–H groups in total. The largest absolute Gasteiger partial charge is 0.499 e. The molecule has 0 fully saturated rings. The molecular formula is C9H4BrNOS. The molecule has 0 amide bonds. The van der Waals surface area contributed by atoms with Crippen LogP contribution in [0.25, 0.3) is 10.1 Å². The first-order chi connectivity index (χ1) is 6.24. The Balaban J connectivity index is 2.97. The molecule has 0 aliphatic carbocycles. The van der Waals surface area contributed by atoms with Gasteiger partial charge in [-0.15, -0.1) is 0 Å². The van der Waals surface area contributed by atoms with Gasteiger partial charge in [-0.2, -0.15) is 5.26 Å². The molecule has 0 bridgehead atoms. The average Bonchev–Trinajstić information content (AvgIpc) is 2.43. The van der Waals surface area contributed by atoms with E-state index < -0.39 is 0 Å². The van der Waals surface area contributed by atoms with E-state index in [1.54, 1.807) is 6.07 Å². The Hall–Kier alpha value is -1.05. The van der Waals surface area contributed by atoms with E-state index in [9.17, 15) is 5.11 Å². The highest BCUT2D eigenvalue weighted by molar-refractivity contribution is 9.10. The molecule has 64 valence electrons. The van der Waals surface area contributed by atoms with Crippen LogP contribution in [0.4, 0.5) is 0 Å². The van der Waals surface area contributed by atoms with Crippen molar-refractivity contribution in [2.24, 2.45) is 0 Å². The third-order valence-electron chi connectivity index (χ3n) is 1.76. The highest BCUT2D eigenvalue weighted by atomic mass is 79.9. The maximum Gasteiger partial charge on any atom is 0.186 e. The summed E-state index contributed by atoms with van der Waals surface area (Å²) in [4.78, 5) is 0. The molecule has 0 aliphatic heterocycles. The summed E-state index contributed by atoms with van der Waals surface area (Å²) >= 11 is 4.52. The molecular weight excluding hydrogens is 250 g/mol. The maximum atomic E-state index is 9.43. The molecule has 2 rings (SSSR count). The first-order valence-electron chi connectivity index (χ1n) is 3.54. The van der Waals surface area contributed by atoms with Gasteiger partial charge in [0.2, 0.25) is 0 Å². The lowest BCUT2D eigenvalue weighted by Gasteiger charge is -1.92. The molecule has 1 aromatic carbocycles. The van der Waals surface area contributed by atoms with E-state index in [0.717, 1.165) is 10.1 Å². The minimum Gasteiger partial charge on any atom is -0.499 e. The van der Waals surface area contributed by atoms with Gasteiger partial charge >= 0.3 is 0 Å². The Labute approximate surface area is 87.2 Å². The number of rotatable bonds is 0. The van der Waals surface area contributed by atoms with E-state index in [4.69, 9.17) is 5.26 Å². The van der Waals surface area contributed by atoms with Crippen LogP contribution in [-0.2, 0) is 0 Å². The highest BCUT2D eigenvalue weighted by Gasteiger charge is 2.11. The van der Waals surface area contributed by atoms with Gasteiger partial charge in [-0.25, -0.2) is 0 Å². The quantitative estimate of drug-likeness (QED) is 0.784. The summed E-state index contributed by atoms with van der Waals surface area (Å²) in [5.74, 6) is 0. The van der Waals surface area contributed by atoms with E-state index >= 15 is 0 Å². The van der Waals surface area contributed by atoms with Crippen LogP contribution in [0.5, 0.6) is 5.06 Å². The number of hydrogen-bond acceptors (Lipinski definition) is 3. The molecule has 2 aromatic rings. The second kappa shape index (κ2) is 3.02. The molecule has 0 unspecified atom stereocenters. The van der Waals surface area contributed by atoms with Crippen LogP contribution in [0, 0.1) is 11.3 Å². The van der Waals surface area contributed by atoms with Crippen LogP contribution in [0.15, 0.2) is 22.7 Å². The highest BCUT2D eigenvalue weighted by Crippen LogP contribution is 2.41. The number of benzene rings is 1. The van der Waals surface area contributed by atoms with Crippen molar-refractivity contribution in [1.82, 2.24) is 0 Å². The second-order valence-electron chi connectivity index (χ2n) is 2.51. The zero-order valence-corrected chi connectivity index (χ0v) is 8.82. The van der Waals surface area contributed by atoms with Crippen LogP contribution in [0.3, 0.4) is 0 Å². The summed E-state index contributed by atoms with van der Waals surface area (Å²) in [5.41, 5.74) is 0.584. The first-order valence-corrected chi connectivity index (χ1v) is 5.15. The topological polar surface area (TPSA) is 44.0 Å². The van der Waals surface area contributed by atoms with Crippen molar-refractivity contribution in [2.45, 2.75) is 0 Å². The third kappa shape index (κ3) is 1.21. The molecule has 0 aliphatic rings. The zero-order chi connectivity index (χ0) is 9.42. The minimum absolute atomic E-state index is 0.220. The summed E-state index contributed by atoms with van der Waals surface area (Å²) in [5, 5.41) is 19.3. The molecule has 4 heteroatoms. The molecule has 2 nitrogen and oxygen atoms in total. The van der Waals surface area contributed by atoms with Crippen molar-refractivity contribution in [3.8, 4) is 11.1 Å². The zero-order valence-electron chi connectivity index (χ0n) is 6.41. The van der Waals surface area contributed by atoms with E-state index in [2.05, 4.69) is 22.0 Å². The molecule has 1 heterocycles. The van der Waals surface area contributed by atoms with Gasteiger partial charge in [0.1, 0.15) is 0 Å². The fourth-order valence-corrected chi connectivity index (χ4v) is 2.85. The lowest BCUT2D eigenvalue weighted by Crippen LogP contribution is -1.73. The van der Waals surface area contributed by atoms with Gasteiger partial charge in [-0.3, -0.25) is 0 Å². The summed E-state index contributed by atoms with van der Waals surface area (Å²) in [6, 6.07) is 7.51. The van der Waals surface area contributed by atoms with Gasteiger partial charge in [0.05, 0.1) is 16.1 Å². The number of hydrogen-bond donors (Lipinski definition) is 1. The number of halogens is 1. The normalized spacial score (nSPS) is 10.2. The van der Waals surface area contributed by atoms with Gasteiger partial charge in [0.25, 0.3) is 0 Å². The van der Waals surface area contributed by atoms with Crippen molar-refractivity contribution >= 4 is 37.4 Å². The number of fused-ring (bicyclic) bond motifs is 1. The van der Waals surface area contributed by atoms with E-state index in [0.29, 0.717) is 10.0 Å². The van der Waals surface area contributed by atoms with Crippen LogP contribution in [0.2, 0.25) is 0 Å². The van der Waals surface area contributed by atoms with Crippen molar-refractivity contribution in [1.29, 1.82) is 5.26 Å². The first kappa shape index (κ1) is 8.54. The molecule has 0 atom stereocenters. The molecule has 0 spiro atoms. The SMILES string of the molecule is N#Cc1cccc2sc(O)c(Br)c12. The van der Waals surface area contributed by atoms with E-state index in [-0.39, 0.29) is 5.06 Å². The van der Waals surface area contributed by atoms with Gasteiger partial charge in [0, 0.05) is 10.1 Å². The third-order valence-corrected chi connectivity index (χ3v) is 3.75.